The Morgan fingerprint density at radius 2 is 1.72 bits per heavy atom. The highest BCUT2D eigenvalue weighted by molar-refractivity contribution is 5.66. The van der Waals surface area contributed by atoms with Gasteiger partial charge in [0.15, 0.2) is 23.1 Å². The molecule has 18 heavy (non-hydrogen) atoms. The van der Waals surface area contributed by atoms with Gasteiger partial charge in [-0.1, -0.05) is 0 Å². The van der Waals surface area contributed by atoms with E-state index in [9.17, 15) is 13.6 Å². The summed E-state index contributed by atoms with van der Waals surface area (Å²) in [6.07, 6.45) is 0.308. The first kappa shape index (κ1) is 14.2. The van der Waals surface area contributed by atoms with Gasteiger partial charge in [-0.25, -0.2) is 8.78 Å². The zero-order valence-electron chi connectivity index (χ0n) is 10.1. The van der Waals surface area contributed by atoms with E-state index in [-0.39, 0.29) is 36.3 Å². The maximum atomic E-state index is 13.5. The Morgan fingerprint density at radius 3 is 2.11 bits per heavy atom. The minimum atomic E-state index is -0.968. The predicted molar refractivity (Wildman–Crippen MR) is 60.0 cm³/mol. The van der Waals surface area contributed by atoms with Crippen molar-refractivity contribution in [3.8, 4) is 11.5 Å². The number of aliphatic carboxylic acids is 1. The molecule has 0 aliphatic rings. The van der Waals surface area contributed by atoms with Gasteiger partial charge in [-0.3, -0.25) is 4.79 Å². The molecule has 1 aromatic carbocycles. The Bertz CT molecular complexity index is 418. The van der Waals surface area contributed by atoms with Gasteiger partial charge >= 0.3 is 5.97 Å². The molecule has 0 heterocycles. The van der Waals surface area contributed by atoms with Crippen molar-refractivity contribution in [1.82, 2.24) is 0 Å². The van der Waals surface area contributed by atoms with E-state index in [0.29, 0.717) is 6.07 Å². The number of carboxylic acid groups (broad SMARTS) is 1. The molecule has 0 saturated heterocycles. The molecule has 0 unspecified atom stereocenters. The average Bonchev–Trinajstić information content (AvgIpc) is 2.28. The second-order valence-electron chi connectivity index (χ2n) is 3.63. The Morgan fingerprint density at radius 1 is 1.22 bits per heavy atom. The van der Waals surface area contributed by atoms with Gasteiger partial charge < -0.3 is 14.6 Å². The highest BCUT2D eigenvalue weighted by atomic mass is 19.1. The summed E-state index contributed by atoms with van der Waals surface area (Å²) in [5.74, 6) is -2.86. The number of ether oxygens (including phenoxy) is 2. The maximum Gasteiger partial charge on any atom is 0.303 e. The fraction of sp³-hybridized carbons (Fsp3) is 0.417. The first-order chi connectivity index (χ1) is 8.51. The molecule has 0 bridgehead atoms. The fourth-order valence-electron chi connectivity index (χ4n) is 1.72. The van der Waals surface area contributed by atoms with E-state index in [4.69, 9.17) is 14.6 Å². The van der Waals surface area contributed by atoms with Crippen molar-refractivity contribution in [3.05, 3.63) is 23.3 Å². The van der Waals surface area contributed by atoms with Crippen molar-refractivity contribution in [1.29, 1.82) is 0 Å². The Balaban J connectivity index is 3.08. The van der Waals surface area contributed by atoms with E-state index < -0.39 is 17.6 Å². The molecule has 0 saturated carbocycles. The van der Waals surface area contributed by atoms with Crippen LogP contribution in [0.25, 0.3) is 0 Å². The van der Waals surface area contributed by atoms with Crippen molar-refractivity contribution >= 4 is 5.97 Å². The van der Waals surface area contributed by atoms with Gasteiger partial charge in [-0.2, -0.15) is 0 Å². The molecule has 0 radical (unpaired) electrons. The molecule has 0 aliphatic carbocycles. The molecular weight excluding hydrogens is 246 g/mol. The van der Waals surface area contributed by atoms with Crippen LogP contribution in [0.5, 0.6) is 11.5 Å². The van der Waals surface area contributed by atoms with Crippen molar-refractivity contribution in [2.75, 3.05) is 14.2 Å². The highest BCUT2D eigenvalue weighted by Crippen LogP contribution is 2.35. The van der Waals surface area contributed by atoms with E-state index in [2.05, 4.69) is 0 Å². The van der Waals surface area contributed by atoms with Gasteiger partial charge in [0, 0.05) is 18.1 Å². The summed E-state index contributed by atoms with van der Waals surface area (Å²) >= 11 is 0. The lowest BCUT2D eigenvalue weighted by Gasteiger charge is -2.14. The molecule has 0 spiro atoms. The normalized spacial score (nSPS) is 10.2. The molecule has 0 amide bonds. The summed E-state index contributed by atoms with van der Waals surface area (Å²) in [5, 5.41) is 8.54. The van der Waals surface area contributed by atoms with Crippen molar-refractivity contribution in [2.45, 2.75) is 19.3 Å². The second-order valence-corrected chi connectivity index (χ2v) is 3.63. The lowest BCUT2D eigenvalue weighted by atomic mass is 10.0. The number of rotatable bonds is 6. The van der Waals surface area contributed by atoms with Crippen LogP contribution in [-0.4, -0.2) is 25.3 Å². The molecule has 0 aromatic heterocycles. The minimum Gasteiger partial charge on any atom is -0.493 e. The van der Waals surface area contributed by atoms with Gasteiger partial charge in [0.2, 0.25) is 0 Å². The lowest BCUT2D eigenvalue weighted by molar-refractivity contribution is -0.137. The van der Waals surface area contributed by atoms with Crippen LogP contribution in [0, 0.1) is 11.6 Å². The molecule has 100 valence electrons. The van der Waals surface area contributed by atoms with Crippen LogP contribution < -0.4 is 9.47 Å². The van der Waals surface area contributed by atoms with Gasteiger partial charge in [0.25, 0.3) is 0 Å². The summed E-state index contributed by atoms with van der Waals surface area (Å²) in [6, 6.07) is 0.679. The summed E-state index contributed by atoms with van der Waals surface area (Å²) < 4.78 is 36.7. The molecular formula is C12H14F2O4. The van der Waals surface area contributed by atoms with Gasteiger partial charge in [-0.05, 0) is 12.8 Å². The first-order valence-corrected chi connectivity index (χ1v) is 5.31. The Labute approximate surface area is 103 Å². The standard InChI is InChI=1S/C12H14F2O4/c1-17-11-7(4-3-5-10(15)16)12(18-2)9(14)6-8(11)13/h6H,3-5H2,1-2H3,(H,15,16). The molecule has 6 heteroatoms. The summed E-state index contributed by atoms with van der Waals surface area (Å²) in [5.41, 5.74) is 0.207. The third-order valence-electron chi connectivity index (χ3n) is 2.46. The lowest BCUT2D eigenvalue weighted by Crippen LogP contribution is -2.04. The number of carbonyl (C=O) groups is 1. The minimum absolute atomic E-state index is 0.0928. The van der Waals surface area contributed by atoms with Gasteiger partial charge in [0.05, 0.1) is 14.2 Å². The SMILES string of the molecule is COc1c(F)cc(F)c(OC)c1CCCC(=O)O. The molecule has 1 rings (SSSR count). The first-order valence-electron chi connectivity index (χ1n) is 5.31. The maximum absolute atomic E-state index is 13.5. The summed E-state index contributed by atoms with van der Waals surface area (Å²) in [4.78, 5) is 10.4. The van der Waals surface area contributed by atoms with Crippen LogP contribution in [-0.2, 0) is 11.2 Å². The van der Waals surface area contributed by atoms with Crippen LogP contribution >= 0.6 is 0 Å². The third-order valence-corrected chi connectivity index (χ3v) is 2.46. The zero-order chi connectivity index (χ0) is 13.7. The number of hydrogen-bond donors (Lipinski definition) is 1. The molecule has 4 nitrogen and oxygen atoms in total. The third kappa shape index (κ3) is 3.09. The number of carboxylic acids is 1. The van der Waals surface area contributed by atoms with Gasteiger partial charge in [-0.15, -0.1) is 0 Å². The van der Waals surface area contributed by atoms with Crippen LogP contribution in [0.2, 0.25) is 0 Å². The number of halogens is 2. The quantitative estimate of drug-likeness (QED) is 0.853. The molecule has 1 aromatic rings. The monoisotopic (exact) mass is 260 g/mol. The van der Waals surface area contributed by atoms with E-state index in [1.165, 1.54) is 14.2 Å². The number of hydrogen-bond acceptors (Lipinski definition) is 3. The highest BCUT2D eigenvalue weighted by Gasteiger charge is 2.20. The zero-order valence-corrected chi connectivity index (χ0v) is 10.1. The van der Waals surface area contributed by atoms with Crippen LogP contribution in [0.3, 0.4) is 0 Å². The number of benzene rings is 1. The fourth-order valence-corrected chi connectivity index (χ4v) is 1.72. The van der Waals surface area contributed by atoms with Crippen molar-refractivity contribution in [2.24, 2.45) is 0 Å². The summed E-state index contributed by atoms with van der Waals surface area (Å²) in [6.45, 7) is 0. The number of methoxy groups -OCH3 is 2. The molecule has 0 fully saturated rings. The smallest absolute Gasteiger partial charge is 0.303 e. The topological polar surface area (TPSA) is 55.8 Å². The summed E-state index contributed by atoms with van der Waals surface area (Å²) in [7, 11) is 2.52. The predicted octanol–water partition coefficient (Wildman–Crippen LogP) is 2.39. The van der Waals surface area contributed by atoms with E-state index in [1.54, 1.807) is 0 Å². The van der Waals surface area contributed by atoms with Gasteiger partial charge in [0.1, 0.15) is 0 Å². The average molecular weight is 260 g/mol. The van der Waals surface area contributed by atoms with E-state index in [0.717, 1.165) is 0 Å². The largest absolute Gasteiger partial charge is 0.493 e. The Hall–Kier alpha value is -1.85. The molecule has 1 N–H and O–H groups in total. The molecule has 0 aliphatic heterocycles. The molecule has 0 atom stereocenters. The van der Waals surface area contributed by atoms with Crippen molar-refractivity contribution in [3.63, 3.8) is 0 Å². The second kappa shape index (κ2) is 6.18. The van der Waals surface area contributed by atoms with Crippen LogP contribution in [0.1, 0.15) is 18.4 Å². The van der Waals surface area contributed by atoms with E-state index in [1.807, 2.05) is 0 Å². The Kier molecular flexibility index (Phi) is 4.88. The van der Waals surface area contributed by atoms with E-state index >= 15 is 0 Å². The van der Waals surface area contributed by atoms with Crippen LogP contribution in [0.4, 0.5) is 8.78 Å². The van der Waals surface area contributed by atoms with Crippen molar-refractivity contribution < 1.29 is 28.2 Å². The van der Waals surface area contributed by atoms with Crippen LogP contribution in [0.15, 0.2) is 6.07 Å².